The molecular formula is C40H50N4O7. The molecule has 11 heteroatoms. The summed E-state index contributed by atoms with van der Waals surface area (Å²) in [6.45, 7) is 5.01. The van der Waals surface area contributed by atoms with Crippen molar-refractivity contribution in [2.24, 2.45) is 0 Å². The Morgan fingerprint density at radius 3 is 2.06 bits per heavy atom. The summed E-state index contributed by atoms with van der Waals surface area (Å²) in [6, 6.07) is 22.9. The highest BCUT2D eigenvalue weighted by Gasteiger charge is 2.45. The third-order valence-electron chi connectivity index (χ3n) is 11.1. The highest BCUT2D eigenvalue weighted by molar-refractivity contribution is 5.99. The Morgan fingerprint density at radius 1 is 0.824 bits per heavy atom. The highest BCUT2D eigenvalue weighted by atomic mass is 16.6. The van der Waals surface area contributed by atoms with Crippen molar-refractivity contribution in [2.45, 2.75) is 61.8 Å². The van der Waals surface area contributed by atoms with Crippen molar-refractivity contribution in [1.29, 1.82) is 0 Å². The first kappa shape index (κ1) is 36.3. The lowest BCUT2D eigenvalue weighted by molar-refractivity contribution is -0.150. The summed E-state index contributed by atoms with van der Waals surface area (Å²) in [6.07, 6.45) is 5.50. The largest absolute Gasteiger partial charge is 0.493 e. The average molecular weight is 699 g/mol. The fraction of sp³-hybridized carbons (Fsp3) is 0.475. The van der Waals surface area contributed by atoms with Crippen LogP contribution in [0.2, 0.25) is 0 Å². The Bertz CT molecular complexity index is 1630. The van der Waals surface area contributed by atoms with Gasteiger partial charge in [-0.2, -0.15) is 0 Å². The quantitative estimate of drug-likeness (QED) is 0.205. The molecule has 3 aliphatic heterocycles. The predicted molar refractivity (Wildman–Crippen MR) is 193 cm³/mol. The van der Waals surface area contributed by atoms with E-state index in [-0.39, 0.29) is 28.4 Å². The van der Waals surface area contributed by atoms with E-state index in [0.717, 1.165) is 64.0 Å². The highest BCUT2D eigenvalue weighted by Crippen LogP contribution is 2.40. The van der Waals surface area contributed by atoms with E-state index in [4.69, 9.17) is 18.9 Å². The smallest absolute Gasteiger partial charge is 0.346 e. The SMILES string of the molecule is COc1cc(C(=O)OC(=O)C2CCCCN2NC(=O)C2(c3ccccc3)CCN(CCC3(c4ccccc4)CCNC3)CC2)cc(OC)c1OC. The Morgan fingerprint density at radius 2 is 1.47 bits per heavy atom. The molecular weight excluding hydrogens is 648 g/mol. The molecule has 11 nitrogen and oxygen atoms in total. The summed E-state index contributed by atoms with van der Waals surface area (Å²) in [5.74, 6) is -0.829. The Kier molecular flexibility index (Phi) is 11.6. The summed E-state index contributed by atoms with van der Waals surface area (Å²) < 4.78 is 21.5. The van der Waals surface area contributed by atoms with Gasteiger partial charge < -0.3 is 29.2 Å². The van der Waals surface area contributed by atoms with Crippen LogP contribution in [0.15, 0.2) is 72.8 Å². The number of rotatable bonds is 12. The molecule has 2 N–H and O–H groups in total. The van der Waals surface area contributed by atoms with Crippen LogP contribution in [0.25, 0.3) is 0 Å². The minimum Gasteiger partial charge on any atom is -0.493 e. The maximum Gasteiger partial charge on any atom is 0.346 e. The van der Waals surface area contributed by atoms with Gasteiger partial charge in [-0.3, -0.25) is 10.2 Å². The van der Waals surface area contributed by atoms with Crippen LogP contribution in [0, 0.1) is 0 Å². The van der Waals surface area contributed by atoms with Gasteiger partial charge in [0, 0.05) is 18.5 Å². The number of likely N-dealkylation sites (tertiary alicyclic amines) is 1. The van der Waals surface area contributed by atoms with Gasteiger partial charge in [0.1, 0.15) is 6.04 Å². The topological polar surface area (TPSA) is 119 Å². The van der Waals surface area contributed by atoms with Crippen LogP contribution in [-0.2, 0) is 25.2 Å². The average Bonchev–Trinajstić information content (AvgIpc) is 3.67. The third kappa shape index (κ3) is 7.75. The molecule has 2 atom stereocenters. The summed E-state index contributed by atoms with van der Waals surface area (Å²) >= 11 is 0. The molecule has 0 saturated carbocycles. The lowest BCUT2D eigenvalue weighted by Crippen LogP contribution is -2.60. The molecule has 0 spiro atoms. The van der Waals surface area contributed by atoms with Gasteiger partial charge in [0.15, 0.2) is 11.5 Å². The van der Waals surface area contributed by atoms with Gasteiger partial charge in [0.2, 0.25) is 11.7 Å². The molecule has 0 aliphatic carbocycles. The van der Waals surface area contributed by atoms with E-state index in [1.165, 1.54) is 39.0 Å². The number of carbonyl (C=O) groups is 3. The van der Waals surface area contributed by atoms with Crippen LogP contribution in [0.4, 0.5) is 0 Å². The van der Waals surface area contributed by atoms with E-state index in [0.29, 0.717) is 31.6 Å². The fourth-order valence-electron chi connectivity index (χ4n) is 8.04. The van der Waals surface area contributed by atoms with Crippen LogP contribution in [0.3, 0.4) is 0 Å². The summed E-state index contributed by atoms with van der Waals surface area (Å²) in [5, 5.41) is 5.26. The van der Waals surface area contributed by atoms with Crippen molar-refractivity contribution in [3.63, 3.8) is 0 Å². The van der Waals surface area contributed by atoms with Gasteiger partial charge in [-0.1, -0.05) is 60.7 Å². The van der Waals surface area contributed by atoms with E-state index in [9.17, 15) is 14.4 Å². The number of hydrogen-bond acceptors (Lipinski definition) is 10. The normalized spacial score (nSPS) is 22.1. The zero-order valence-electron chi connectivity index (χ0n) is 30.0. The van der Waals surface area contributed by atoms with E-state index >= 15 is 0 Å². The van der Waals surface area contributed by atoms with Crippen LogP contribution in [-0.4, -0.2) is 94.4 Å². The summed E-state index contributed by atoms with van der Waals surface area (Å²) in [7, 11) is 4.36. The van der Waals surface area contributed by atoms with Gasteiger partial charge in [-0.25, -0.2) is 14.6 Å². The van der Waals surface area contributed by atoms with Crippen molar-refractivity contribution in [3.8, 4) is 17.2 Å². The molecule has 3 heterocycles. The molecule has 3 fully saturated rings. The summed E-state index contributed by atoms with van der Waals surface area (Å²) in [5.41, 5.74) is 4.95. The zero-order valence-corrected chi connectivity index (χ0v) is 30.0. The van der Waals surface area contributed by atoms with Gasteiger partial charge in [0.05, 0.1) is 32.3 Å². The van der Waals surface area contributed by atoms with Crippen molar-refractivity contribution >= 4 is 17.8 Å². The number of benzene rings is 3. The number of methoxy groups -OCH3 is 3. The van der Waals surface area contributed by atoms with Gasteiger partial charge in [-0.15, -0.1) is 0 Å². The van der Waals surface area contributed by atoms with Crippen molar-refractivity contribution in [3.05, 3.63) is 89.5 Å². The molecule has 0 aromatic heterocycles. The number of nitrogens with zero attached hydrogens (tertiary/aromatic N) is 2. The fourth-order valence-corrected chi connectivity index (χ4v) is 8.04. The summed E-state index contributed by atoms with van der Waals surface area (Å²) in [4.78, 5) is 43.7. The molecule has 0 bridgehead atoms. The van der Waals surface area contributed by atoms with Crippen molar-refractivity contribution in [2.75, 3.05) is 60.6 Å². The van der Waals surface area contributed by atoms with Crippen LogP contribution < -0.4 is 25.0 Å². The van der Waals surface area contributed by atoms with Crippen LogP contribution in [0.1, 0.15) is 66.4 Å². The van der Waals surface area contributed by atoms with Gasteiger partial charge >= 0.3 is 11.9 Å². The molecule has 3 aromatic carbocycles. The predicted octanol–water partition coefficient (Wildman–Crippen LogP) is 4.64. The monoisotopic (exact) mass is 698 g/mol. The molecule has 3 saturated heterocycles. The lowest BCUT2D eigenvalue weighted by Gasteiger charge is -2.44. The third-order valence-corrected chi connectivity index (χ3v) is 11.1. The molecule has 3 aliphatic rings. The number of piperidine rings is 2. The van der Waals surface area contributed by atoms with Crippen LogP contribution >= 0.6 is 0 Å². The minimum absolute atomic E-state index is 0.0814. The van der Waals surface area contributed by atoms with Gasteiger partial charge in [0.25, 0.3) is 0 Å². The number of esters is 2. The zero-order chi connectivity index (χ0) is 35.8. The maximum atomic E-state index is 14.5. The second-order valence-electron chi connectivity index (χ2n) is 13.9. The van der Waals surface area contributed by atoms with Crippen molar-refractivity contribution in [1.82, 2.24) is 20.7 Å². The standard InChI is InChI=1S/C40H50N4O7/c1-48-33-26-29(27-34(49-2)35(33)50-3)36(45)51-37(46)32-16-10-11-22-44(32)42-38(47)40(31-14-8-5-9-15-31)19-24-43(25-20-40)23-18-39(17-21-41-28-39)30-12-6-4-7-13-30/h4-9,12-15,26-27,32,41H,10-11,16-25,28H2,1-3H3,(H,42,47). The number of ether oxygens (including phenoxy) is 4. The molecule has 1 amide bonds. The van der Waals surface area contributed by atoms with E-state index in [1.807, 2.05) is 30.3 Å². The molecule has 2 unspecified atom stereocenters. The first-order chi connectivity index (χ1) is 24.8. The first-order valence-corrected chi connectivity index (χ1v) is 18.0. The number of hydrogen-bond donors (Lipinski definition) is 2. The van der Waals surface area contributed by atoms with Crippen molar-refractivity contribution < 1.29 is 33.3 Å². The minimum atomic E-state index is -0.841. The van der Waals surface area contributed by atoms with Gasteiger partial charge in [-0.05, 0) is 94.4 Å². The van der Waals surface area contributed by atoms with E-state index in [2.05, 4.69) is 46.0 Å². The number of carbonyl (C=O) groups excluding carboxylic acids is 3. The lowest BCUT2D eigenvalue weighted by atomic mass is 9.71. The first-order valence-electron chi connectivity index (χ1n) is 18.0. The van der Waals surface area contributed by atoms with E-state index in [1.54, 1.807) is 5.01 Å². The Hall–Kier alpha value is -4.45. The second kappa shape index (κ2) is 16.3. The Balaban J connectivity index is 1.14. The molecule has 51 heavy (non-hydrogen) atoms. The molecule has 3 aromatic rings. The maximum absolute atomic E-state index is 14.5. The molecule has 6 rings (SSSR count). The molecule has 272 valence electrons. The number of hydrazine groups is 1. The molecule has 0 radical (unpaired) electrons. The number of amides is 1. The van der Waals surface area contributed by atoms with E-state index < -0.39 is 23.4 Å². The Labute approximate surface area is 300 Å². The second-order valence-corrected chi connectivity index (χ2v) is 13.9. The number of nitrogens with one attached hydrogen (secondary N) is 2. The van der Waals surface area contributed by atoms with Crippen LogP contribution in [0.5, 0.6) is 17.2 Å².